The van der Waals surface area contributed by atoms with Gasteiger partial charge in [0.25, 0.3) is 0 Å². The van der Waals surface area contributed by atoms with Crippen LogP contribution in [-0.4, -0.2) is 45.2 Å². The van der Waals surface area contributed by atoms with Crippen molar-refractivity contribution in [2.75, 3.05) is 40.1 Å². The number of rotatable bonds is 11. The van der Waals surface area contributed by atoms with Crippen molar-refractivity contribution in [1.82, 2.24) is 5.32 Å². The average molecular weight is 295 g/mol. The molecule has 0 aliphatic rings. The molecular formula is C17H29NO3. The van der Waals surface area contributed by atoms with E-state index in [0.717, 1.165) is 12.2 Å². The topological polar surface area (TPSA) is 50.7 Å². The lowest BCUT2D eigenvalue weighted by molar-refractivity contribution is 0.0251. The van der Waals surface area contributed by atoms with Gasteiger partial charge < -0.3 is 19.9 Å². The van der Waals surface area contributed by atoms with Crippen molar-refractivity contribution < 1.29 is 14.6 Å². The zero-order valence-corrected chi connectivity index (χ0v) is 13.5. The predicted molar refractivity (Wildman–Crippen MR) is 85.4 cm³/mol. The van der Waals surface area contributed by atoms with E-state index < -0.39 is 5.54 Å². The van der Waals surface area contributed by atoms with E-state index in [1.807, 2.05) is 37.4 Å². The second-order valence-electron chi connectivity index (χ2n) is 5.69. The molecular weight excluding hydrogens is 266 g/mol. The molecule has 21 heavy (non-hydrogen) atoms. The molecule has 1 aromatic carbocycles. The molecule has 1 rings (SSSR count). The fraction of sp³-hybridized carbons (Fsp3) is 0.647. The first-order valence-corrected chi connectivity index (χ1v) is 7.65. The first-order chi connectivity index (χ1) is 10.1. The summed E-state index contributed by atoms with van der Waals surface area (Å²) in [5, 5.41) is 13.0. The summed E-state index contributed by atoms with van der Waals surface area (Å²) in [7, 11) is 1.87. The molecule has 120 valence electrons. The Kier molecular flexibility index (Phi) is 8.54. The van der Waals surface area contributed by atoms with Gasteiger partial charge in [-0.05, 0) is 24.9 Å². The summed E-state index contributed by atoms with van der Waals surface area (Å²) in [5.74, 6) is 0.550. The SMILES string of the molecule is CNC(CO)(CCOCCOCC(C)C)c1ccccc1. The highest BCUT2D eigenvalue weighted by molar-refractivity contribution is 5.24. The van der Waals surface area contributed by atoms with Crippen molar-refractivity contribution in [3.63, 3.8) is 0 Å². The predicted octanol–water partition coefficient (Wildman–Crippen LogP) is 2.17. The Labute approximate surface area is 128 Å². The molecule has 2 N–H and O–H groups in total. The van der Waals surface area contributed by atoms with Crippen molar-refractivity contribution >= 4 is 0 Å². The third kappa shape index (κ3) is 6.14. The van der Waals surface area contributed by atoms with E-state index in [9.17, 15) is 5.11 Å². The van der Waals surface area contributed by atoms with Crippen LogP contribution in [0.25, 0.3) is 0 Å². The van der Waals surface area contributed by atoms with Crippen molar-refractivity contribution in [1.29, 1.82) is 0 Å². The first kappa shape index (κ1) is 18.1. The van der Waals surface area contributed by atoms with Crippen LogP contribution in [0, 0.1) is 5.92 Å². The Bertz CT molecular complexity index is 364. The molecule has 0 fully saturated rings. The quantitative estimate of drug-likeness (QED) is 0.614. The second kappa shape index (κ2) is 9.90. The molecule has 1 aromatic rings. The summed E-state index contributed by atoms with van der Waals surface area (Å²) in [6.45, 7) is 6.86. The number of aliphatic hydroxyl groups is 1. The van der Waals surface area contributed by atoms with Crippen LogP contribution in [-0.2, 0) is 15.0 Å². The van der Waals surface area contributed by atoms with E-state index in [-0.39, 0.29) is 6.61 Å². The molecule has 0 aliphatic heterocycles. The molecule has 0 aliphatic carbocycles. The van der Waals surface area contributed by atoms with E-state index in [4.69, 9.17) is 9.47 Å². The first-order valence-electron chi connectivity index (χ1n) is 7.65. The zero-order chi connectivity index (χ0) is 15.6. The average Bonchev–Trinajstić information content (AvgIpc) is 2.51. The summed E-state index contributed by atoms with van der Waals surface area (Å²) >= 11 is 0. The Morgan fingerprint density at radius 2 is 1.76 bits per heavy atom. The van der Waals surface area contributed by atoms with Gasteiger partial charge in [-0.1, -0.05) is 44.2 Å². The van der Waals surface area contributed by atoms with Gasteiger partial charge in [-0.15, -0.1) is 0 Å². The van der Waals surface area contributed by atoms with Crippen LogP contribution < -0.4 is 5.32 Å². The Morgan fingerprint density at radius 3 is 2.33 bits per heavy atom. The van der Waals surface area contributed by atoms with E-state index in [0.29, 0.717) is 32.2 Å². The summed E-state index contributed by atoms with van der Waals surface area (Å²) in [6, 6.07) is 10.00. The molecule has 1 atom stereocenters. The molecule has 0 spiro atoms. The molecule has 4 heteroatoms. The minimum atomic E-state index is -0.444. The van der Waals surface area contributed by atoms with Gasteiger partial charge in [0, 0.05) is 13.2 Å². The van der Waals surface area contributed by atoms with Crippen LogP contribution in [0.1, 0.15) is 25.8 Å². The second-order valence-corrected chi connectivity index (χ2v) is 5.69. The number of aliphatic hydroxyl groups excluding tert-OH is 1. The monoisotopic (exact) mass is 295 g/mol. The standard InChI is InChI=1S/C17H29NO3/c1-15(2)13-21-12-11-20-10-9-17(14-19,18-3)16-7-5-4-6-8-16/h4-8,15,18-19H,9-14H2,1-3H3. The third-order valence-corrected chi connectivity index (χ3v) is 3.57. The Balaban J connectivity index is 2.35. The maximum absolute atomic E-state index is 9.79. The van der Waals surface area contributed by atoms with E-state index in [1.165, 1.54) is 0 Å². The van der Waals surface area contributed by atoms with Crippen molar-refractivity contribution in [2.45, 2.75) is 25.8 Å². The number of benzene rings is 1. The normalized spacial score (nSPS) is 14.3. The Morgan fingerprint density at radius 1 is 1.10 bits per heavy atom. The fourth-order valence-corrected chi connectivity index (χ4v) is 2.21. The number of hydrogen-bond acceptors (Lipinski definition) is 4. The van der Waals surface area contributed by atoms with Gasteiger partial charge in [-0.25, -0.2) is 0 Å². The summed E-state index contributed by atoms with van der Waals surface area (Å²) in [6.07, 6.45) is 0.716. The highest BCUT2D eigenvalue weighted by Crippen LogP contribution is 2.24. The third-order valence-electron chi connectivity index (χ3n) is 3.57. The zero-order valence-electron chi connectivity index (χ0n) is 13.5. The Hall–Kier alpha value is -0.940. The van der Waals surface area contributed by atoms with Gasteiger partial charge in [0.1, 0.15) is 0 Å². The maximum Gasteiger partial charge on any atom is 0.0700 e. The molecule has 0 radical (unpaired) electrons. The van der Waals surface area contributed by atoms with E-state index in [2.05, 4.69) is 19.2 Å². The number of hydrogen-bond donors (Lipinski definition) is 2. The van der Waals surface area contributed by atoms with Gasteiger partial charge in [-0.3, -0.25) is 0 Å². The lowest BCUT2D eigenvalue weighted by Gasteiger charge is -2.32. The minimum Gasteiger partial charge on any atom is -0.394 e. The minimum absolute atomic E-state index is 0.0424. The van der Waals surface area contributed by atoms with Crippen LogP contribution in [0.2, 0.25) is 0 Å². The molecule has 1 unspecified atom stereocenters. The van der Waals surface area contributed by atoms with Gasteiger partial charge in [0.2, 0.25) is 0 Å². The van der Waals surface area contributed by atoms with Crippen LogP contribution in [0.3, 0.4) is 0 Å². The lowest BCUT2D eigenvalue weighted by atomic mass is 9.88. The molecule has 4 nitrogen and oxygen atoms in total. The van der Waals surface area contributed by atoms with Crippen LogP contribution in [0.5, 0.6) is 0 Å². The number of ether oxygens (including phenoxy) is 2. The molecule has 0 aromatic heterocycles. The number of nitrogens with one attached hydrogen (secondary N) is 1. The molecule has 0 saturated heterocycles. The number of likely N-dealkylation sites (N-methyl/N-ethyl adjacent to an activating group) is 1. The molecule has 0 saturated carbocycles. The molecule has 0 heterocycles. The van der Waals surface area contributed by atoms with Gasteiger partial charge in [-0.2, -0.15) is 0 Å². The lowest BCUT2D eigenvalue weighted by Crippen LogP contribution is -2.44. The summed E-state index contributed by atoms with van der Waals surface area (Å²) < 4.78 is 11.1. The van der Waals surface area contributed by atoms with Crippen molar-refractivity contribution in [3.8, 4) is 0 Å². The fourth-order valence-electron chi connectivity index (χ4n) is 2.21. The summed E-state index contributed by atoms with van der Waals surface area (Å²) in [5.41, 5.74) is 0.634. The smallest absolute Gasteiger partial charge is 0.0700 e. The molecule has 0 bridgehead atoms. The molecule has 0 amide bonds. The van der Waals surface area contributed by atoms with E-state index in [1.54, 1.807) is 0 Å². The largest absolute Gasteiger partial charge is 0.394 e. The van der Waals surface area contributed by atoms with Crippen LogP contribution in [0.15, 0.2) is 30.3 Å². The highest BCUT2D eigenvalue weighted by Gasteiger charge is 2.29. The summed E-state index contributed by atoms with van der Waals surface area (Å²) in [4.78, 5) is 0. The van der Waals surface area contributed by atoms with E-state index >= 15 is 0 Å². The van der Waals surface area contributed by atoms with Crippen molar-refractivity contribution in [3.05, 3.63) is 35.9 Å². The van der Waals surface area contributed by atoms with Crippen molar-refractivity contribution in [2.24, 2.45) is 5.92 Å². The van der Waals surface area contributed by atoms with Crippen LogP contribution >= 0.6 is 0 Å². The van der Waals surface area contributed by atoms with Crippen LogP contribution in [0.4, 0.5) is 0 Å². The van der Waals surface area contributed by atoms with Gasteiger partial charge in [0.15, 0.2) is 0 Å². The van der Waals surface area contributed by atoms with Gasteiger partial charge in [0.05, 0.1) is 25.4 Å². The van der Waals surface area contributed by atoms with Gasteiger partial charge >= 0.3 is 0 Å². The highest BCUT2D eigenvalue weighted by atomic mass is 16.5. The maximum atomic E-state index is 9.79.